The summed E-state index contributed by atoms with van der Waals surface area (Å²) in [4.78, 5) is 0. The Balaban J connectivity index is 2.75. The standard InChI is InChI=1S/C10H14FN3O2/c11-9-5-7(10(12)14-16)1-2-8(9)6-13-3-4-15/h1-2,5,13,15-16H,3-4,6H2,(H2,12,14). The third-order valence-corrected chi connectivity index (χ3v) is 2.06. The van der Waals surface area contributed by atoms with Gasteiger partial charge in [0.15, 0.2) is 5.84 Å². The Bertz CT molecular complexity index is 382. The molecule has 0 aliphatic carbocycles. The van der Waals surface area contributed by atoms with Crippen LogP contribution in [0.3, 0.4) is 0 Å². The fourth-order valence-corrected chi connectivity index (χ4v) is 1.21. The van der Waals surface area contributed by atoms with Crippen LogP contribution >= 0.6 is 0 Å². The number of aliphatic hydroxyl groups is 1. The Labute approximate surface area is 92.4 Å². The molecule has 0 heterocycles. The molecule has 1 aromatic carbocycles. The number of benzene rings is 1. The van der Waals surface area contributed by atoms with Gasteiger partial charge in [-0.15, -0.1) is 0 Å². The summed E-state index contributed by atoms with van der Waals surface area (Å²) in [5.41, 5.74) is 6.11. The summed E-state index contributed by atoms with van der Waals surface area (Å²) >= 11 is 0. The summed E-state index contributed by atoms with van der Waals surface area (Å²) in [6.07, 6.45) is 0. The van der Waals surface area contributed by atoms with E-state index in [0.717, 1.165) is 0 Å². The van der Waals surface area contributed by atoms with Gasteiger partial charge in [0.1, 0.15) is 5.82 Å². The zero-order valence-corrected chi connectivity index (χ0v) is 8.65. The molecule has 0 aliphatic rings. The Morgan fingerprint density at radius 2 is 2.25 bits per heavy atom. The predicted octanol–water partition coefficient (Wildman–Crippen LogP) is 0.00210. The number of oxime groups is 1. The van der Waals surface area contributed by atoms with E-state index in [-0.39, 0.29) is 12.4 Å². The highest BCUT2D eigenvalue weighted by atomic mass is 19.1. The lowest BCUT2D eigenvalue weighted by Gasteiger charge is -2.06. The van der Waals surface area contributed by atoms with Crippen molar-refractivity contribution < 1.29 is 14.7 Å². The maximum Gasteiger partial charge on any atom is 0.170 e. The first-order valence-corrected chi connectivity index (χ1v) is 4.77. The molecule has 6 heteroatoms. The van der Waals surface area contributed by atoms with Crippen LogP contribution in [0.4, 0.5) is 4.39 Å². The maximum atomic E-state index is 13.5. The van der Waals surface area contributed by atoms with Gasteiger partial charge in [0, 0.05) is 24.2 Å². The molecule has 88 valence electrons. The molecule has 0 saturated heterocycles. The van der Waals surface area contributed by atoms with Crippen LogP contribution in [0.2, 0.25) is 0 Å². The molecular weight excluding hydrogens is 213 g/mol. The molecule has 1 aromatic rings. The van der Waals surface area contributed by atoms with Crippen molar-refractivity contribution >= 4 is 5.84 Å². The Hall–Kier alpha value is -1.66. The van der Waals surface area contributed by atoms with E-state index in [0.29, 0.717) is 24.2 Å². The molecule has 0 radical (unpaired) electrons. The second kappa shape index (κ2) is 6.04. The zero-order valence-electron chi connectivity index (χ0n) is 8.65. The quantitative estimate of drug-likeness (QED) is 0.187. The fraction of sp³-hybridized carbons (Fsp3) is 0.300. The smallest absolute Gasteiger partial charge is 0.170 e. The normalized spacial score (nSPS) is 11.8. The van der Waals surface area contributed by atoms with Gasteiger partial charge in [0.05, 0.1) is 6.61 Å². The molecule has 0 unspecified atom stereocenters. The molecule has 0 amide bonds. The first-order chi connectivity index (χ1) is 7.69. The van der Waals surface area contributed by atoms with Gasteiger partial charge in [-0.25, -0.2) is 4.39 Å². The second-order valence-electron chi connectivity index (χ2n) is 3.19. The van der Waals surface area contributed by atoms with Crippen LogP contribution in [0.15, 0.2) is 23.4 Å². The third-order valence-electron chi connectivity index (χ3n) is 2.06. The number of nitrogens with zero attached hydrogens (tertiary/aromatic N) is 1. The summed E-state index contributed by atoms with van der Waals surface area (Å²) in [6, 6.07) is 4.31. The third kappa shape index (κ3) is 3.18. The van der Waals surface area contributed by atoms with E-state index < -0.39 is 5.82 Å². The Morgan fingerprint density at radius 1 is 1.50 bits per heavy atom. The van der Waals surface area contributed by atoms with Gasteiger partial charge in [-0.2, -0.15) is 0 Å². The minimum Gasteiger partial charge on any atom is -0.409 e. The number of aliphatic hydroxyl groups excluding tert-OH is 1. The molecule has 0 aliphatic heterocycles. The Morgan fingerprint density at radius 3 is 2.81 bits per heavy atom. The van der Waals surface area contributed by atoms with Crippen molar-refractivity contribution in [2.75, 3.05) is 13.2 Å². The number of hydrogen-bond donors (Lipinski definition) is 4. The predicted molar refractivity (Wildman–Crippen MR) is 57.7 cm³/mol. The highest BCUT2D eigenvalue weighted by molar-refractivity contribution is 5.97. The summed E-state index contributed by atoms with van der Waals surface area (Å²) in [7, 11) is 0. The van der Waals surface area contributed by atoms with Crippen LogP contribution in [0.5, 0.6) is 0 Å². The van der Waals surface area contributed by atoms with Crippen molar-refractivity contribution in [1.29, 1.82) is 0 Å². The van der Waals surface area contributed by atoms with Crippen molar-refractivity contribution in [1.82, 2.24) is 5.32 Å². The summed E-state index contributed by atoms with van der Waals surface area (Å²) in [5, 5.41) is 22.6. The van der Waals surface area contributed by atoms with Crippen molar-refractivity contribution in [3.8, 4) is 0 Å². The number of nitrogens with two attached hydrogens (primary N) is 1. The van der Waals surface area contributed by atoms with Crippen molar-refractivity contribution in [3.63, 3.8) is 0 Å². The molecular formula is C10H14FN3O2. The number of amidine groups is 1. The van der Waals surface area contributed by atoms with Gasteiger partial charge in [-0.05, 0) is 6.07 Å². The molecule has 16 heavy (non-hydrogen) atoms. The average Bonchev–Trinajstić information content (AvgIpc) is 2.30. The second-order valence-corrected chi connectivity index (χ2v) is 3.19. The van der Waals surface area contributed by atoms with E-state index in [2.05, 4.69) is 10.5 Å². The van der Waals surface area contributed by atoms with Crippen LogP contribution in [0.1, 0.15) is 11.1 Å². The molecule has 0 spiro atoms. The first-order valence-electron chi connectivity index (χ1n) is 4.77. The van der Waals surface area contributed by atoms with Crippen LogP contribution < -0.4 is 11.1 Å². The monoisotopic (exact) mass is 227 g/mol. The topological polar surface area (TPSA) is 90.9 Å². The minimum absolute atomic E-state index is 0.00379. The lowest BCUT2D eigenvalue weighted by Crippen LogP contribution is -2.19. The number of rotatable bonds is 5. The molecule has 5 N–H and O–H groups in total. The average molecular weight is 227 g/mol. The molecule has 0 saturated carbocycles. The van der Waals surface area contributed by atoms with E-state index in [4.69, 9.17) is 16.0 Å². The van der Waals surface area contributed by atoms with Gasteiger partial charge in [-0.1, -0.05) is 17.3 Å². The van der Waals surface area contributed by atoms with E-state index in [1.54, 1.807) is 12.1 Å². The largest absolute Gasteiger partial charge is 0.409 e. The molecule has 0 fully saturated rings. The van der Waals surface area contributed by atoms with Crippen molar-refractivity contribution in [3.05, 3.63) is 35.1 Å². The van der Waals surface area contributed by atoms with Crippen LogP contribution in [0.25, 0.3) is 0 Å². The lowest BCUT2D eigenvalue weighted by molar-refractivity contribution is 0.291. The Kier molecular flexibility index (Phi) is 4.68. The van der Waals surface area contributed by atoms with E-state index >= 15 is 0 Å². The van der Waals surface area contributed by atoms with E-state index in [1.165, 1.54) is 6.07 Å². The van der Waals surface area contributed by atoms with Gasteiger partial charge in [0.2, 0.25) is 0 Å². The van der Waals surface area contributed by atoms with Gasteiger partial charge in [-0.3, -0.25) is 0 Å². The van der Waals surface area contributed by atoms with Gasteiger partial charge < -0.3 is 21.4 Å². The highest BCUT2D eigenvalue weighted by Gasteiger charge is 2.05. The van der Waals surface area contributed by atoms with Crippen LogP contribution in [-0.4, -0.2) is 29.3 Å². The van der Waals surface area contributed by atoms with Crippen molar-refractivity contribution in [2.24, 2.45) is 10.9 Å². The minimum atomic E-state index is -0.436. The SMILES string of the molecule is NC(=NO)c1ccc(CNCCO)c(F)c1. The zero-order chi connectivity index (χ0) is 12.0. The summed E-state index contributed by atoms with van der Waals surface area (Å²) in [6.45, 7) is 0.730. The fourth-order valence-electron chi connectivity index (χ4n) is 1.21. The van der Waals surface area contributed by atoms with E-state index in [9.17, 15) is 4.39 Å². The van der Waals surface area contributed by atoms with Crippen LogP contribution in [-0.2, 0) is 6.54 Å². The number of hydrogen-bond acceptors (Lipinski definition) is 4. The number of nitrogens with one attached hydrogen (secondary N) is 1. The van der Waals surface area contributed by atoms with E-state index in [1.807, 2.05) is 0 Å². The molecule has 1 rings (SSSR count). The molecule has 0 aromatic heterocycles. The highest BCUT2D eigenvalue weighted by Crippen LogP contribution is 2.10. The number of halogens is 1. The lowest BCUT2D eigenvalue weighted by atomic mass is 10.1. The summed E-state index contributed by atoms with van der Waals surface area (Å²) in [5.74, 6) is -0.566. The first kappa shape index (κ1) is 12.4. The summed E-state index contributed by atoms with van der Waals surface area (Å²) < 4.78 is 13.5. The van der Waals surface area contributed by atoms with Crippen molar-refractivity contribution in [2.45, 2.75) is 6.54 Å². The molecule has 5 nitrogen and oxygen atoms in total. The molecule has 0 bridgehead atoms. The maximum absolute atomic E-state index is 13.5. The molecule has 0 atom stereocenters. The van der Waals surface area contributed by atoms with Gasteiger partial charge >= 0.3 is 0 Å². The van der Waals surface area contributed by atoms with Crippen LogP contribution in [0, 0.1) is 5.82 Å². The van der Waals surface area contributed by atoms with Gasteiger partial charge in [0.25, 0.3) is 0 Å².